The van der Waals surface area contributed by atoms with Crippen LogP contribution in [-0.2, 0) is 12.7 Å². The van der Waals surface area contributed by atoms with Crippen molar-refractivity contribution in [2.75, 3.05) is 0 Å². The highest BCUT2D eigenvalue weighted by Crippen LogP contribution is 2.37. The number of fused-ring (bicyclic) bond motifs is 1. The zero-order valence-corrected chi connectivity index (χ0v) is 11.5. The van der Waals surface area contributed by atoms with E-state index in [1.54, 1.807) is 30.5 Å². The van der Waals surface area contributed by atoms with E-state index in [4.69, 9.17) is 5.73 Å². The van der Waals surface area contributed by atoms with Crippen molar-refractivity contribution in [2.45, 2.75) is 12.7 Å². The van der Waals surface area contributed by atoms with E-state index in [0.29, 0.717) is 10.6 Å². The van der Waals surface area contributed by atoms with Crippen LogP contribution in [-0.4, -0.2) is 9.97 Å². The number of hydrogen-bond donors (Lipinski definition) is 1. The summed E-state index contributed by atoms with van der Waals surface area (Å²) in [7, 11) is 0. The first-order valence-corrected chi connectivity index (χ1v) is 6.93. The minimum absolute atomic E-state index is 0.0452. The van der Waals surface area contributed by atoms with Gasteiger partial charge in [-0.15, -0.1) is 11.3 Å². The lowest BCUT2D eigenvalue weighted by atomic mass is 10.1. The molecule has 0 radical (unpaired) electrons. The quantitative estimate of drug-likeness (QED) is 0.782. The third-order valence-corrected chi connectivity index (χ3v) is 4.13. The molecule has 0 saturated carbocycles. The van der Waals surface area contributed by atoms with Crippen molar-refractivity contribution < 1.29 is 13.2 Å². The highest BCUT2D eigenvalue weighted by Gasteiger charge is 2.37. The molecule has 0 aliphatic carbocycles. The molecule has 0 aliphatic heterocycles. The monoisotopic (exact) mass is 309 g/mol. The first-order chi connectivity index (χ1) is 9.99. The Morgan fingerprint density at radius 2 is 2.00 bits per heavy atom. The van der Waals surface area contributed by atoms with Crippen molar-refractivity contribution in [3.05, 3.63) is 47.1 Å². The van der Waals surface area contributed by atoms with E-state index in [1.807, 2.05) is 6.07 Å². The second-order valence-electron chi connectivity index (χ2n) is 4.40. The Labute approximate surface area is 122 Å². The van der Waals surface area contributed by atoms with Gasteiger partial charge in [0.05, 0.1) is 10.4 Å². The van der Waals surface area contributed by atoms with Crippen LogP contribution in [0.25, 0.3) is 21.5 Å². The van der Waals surface area contributed by atoms with E-state index in [0.717, 1.165) is 22.2 Å². The van der Waals surface area contributed by atoms with Crippen LogP contribution in [0.1, 0.15) is 10.6 Å². The number of aromatic nitrogens is 2. The maximum atomic E-state index is 12.9. The lowest BCUT2D eigenvalue weighted by molar-refractivity contribution is -0.141. The van der Waals surface area contributed by atoms with E-state index >= 15 is 0 Å². The van der Waals surface area contributed by atoms with Crippen LogP contribution in [0.3, 0.4) is 0 Å². The number of alkyl halides is 3. The summed E-state index contributed by atoms with van der Waals surface area (Å²) in [6.45, 7) is -0.179. The number of hydrogen-bond acceptors (Lipinski definition) is 4. The van der Waals surface area contributed by atoms with Gasteiger partial charge in [0.25, 0.3) is 0 Å². The smallest absolute Gasteiger partial charge is 0.326 e. The molecule has 2 N–H and O–H groups in total. The Balaban J connectivity index is 2.12. The zero-order chi connectivity index (χ0) is 15.0. The fourth-order valence-electron chi connectivity index (χ4n) is 2.04. The van der Waals surface area contributed by atoms with E-state index < -0.39 is 11.9 Å². The third kappa shape index (κ3) is 2.62. The van der Waals surface area contributed by atoms with Crippen molar-refractivity contribution in [3.63, 3.8) is 0 Å². The molecular formula is C14H10F3N3S. The first-order valence-electron chi connectivity index (χ1n) is 6.11. The molecule has 0 saturated heterocycles. The fourth-order valence-corrected chi connectivity index (χ4v) is 3.00. The van der Waals surface area contributed by atoms with Gasteiger partial charge in [0.1, 0.15) is 5.01 Å². The lowest BCUT2D eigenvalue weighted by Gasteiger charge is -2.03. The topological polar surface area (TPSA) is 51.8 Å². The summed E-state index contributed by atoms with van der Waals surface area (Å²) < 4.78 is 38.7. The average molecular weight is 309 g/mol. The molecule has 0 fully saturated rings. The van der Waals surface area contributed by atoms with Crippen molar-refractivity contribution in [2.24, 2.45) is 5.73 Å². The standard InChI is InChI=1S/C14H10F3N3S/c15-14(16,17)12-11(7-18)21-13(20-12)9-3-4-10-8(6-9)2-1-5-19-10/h1-6H,7,18H2. The summed E-state index contributed by atoms with van der Waals surface area (Å²) in [5.41, 5.74) is 5.91. The first kappa shape index (κ1) is 14.0. The molecule has 3 rings (SSSR count). The normalized spacial score (nSPS) is 12.0. The van der Waals surface area contributed by atoms with Gasteiger partial charge < -0.3 is 5.73 Å². The maximum Gasteiger partial charge on any atom is 0.434 e. The molecule has 21 heavy (non-hydrogen) atoms. The molecule has 2 aromatic heterocycles. The summed E-state index contributed by atoms with van der Waals surface area (Å²) in [4.78, 5) is 7.94. The minimum atomic E-state index is -4.48. The van der Waals surface area contributed by atoms with Gasteiger partial charge in [0.15, 0.2) is 5.69 Å². The fraction of sp³-hybridized carbons (Fsp3) is 0.143. The van der Waals surface area contributed by atoms with Crippen molar-refractivity contribution in [3.8, 4) is 10.6 Å². The van der Waals surface area contributed by atoms with Gasteiger partial charge >= 0.3 is 6.18 Å². The second-order valence-corrected chi connectivity index (χ2v) is 5.49. The predicted octanol–water partition coefficient (Wildman–Crippen LogP) is 3.84. The van der Waals surface area contributed by atoms with Crippen LogP contribution in [0.2, 0.25) is 0 Å². The van der Waals surface area contributed by atoms with Crippen molar-refractivity contribution >= 4 is 22.2 Å². The summed E-state index contributed by atoms with van der Waals surface area (Å²) in [6, 6.07) is 8.89. The van der Waals surface area contributed by atoms with Crippen molar-refractivity contribution in [1.82, 2.24) is 9.97 Å². The number of nitrogens with zero attached hydrogens (tertiary/aromatic N) is 2. The summed E-state index contributed by atoms with van der Waals surface area (Å²) in [5.74, 6) is 0. The SMILES string of the molecule is NCc1sc(-c2ccc3ncccc3c2)nc1C(F)(F)F. The van der Waals surface area contributed by atoms with E-state index in [2.05, 4.69) is 9.97 Å². The predicted molar refractivity (Wildman–Crippen MR) is 75.7 cm³/mol. The molecule has 1 aromatic carbocycles. The molecule has 0 atom stereocenters. The Kier molecular flexibility index (Phi) is 3.38. The Morgan fingerprint density at radius 1 is 1.19 bits per heavy atom. The summed E-state index contributed by atoms with van der Waals surface area (Å²) >= 11 is 0.972. The highest BCUT2D eigenvalue weighted by molar-refractivity contribution is 7.15. The summed E-state index contributed by atoms with van der Waals surface area (Å²) in [6.07, 6.45) is -2.82. The second kappa shape index (κ2) is 5.09. The van der Waals surface area contributed by atoms with Crippen LogP contribution >= 0.6 is 11.3 Å². The summed E-state index contributed by atoms with van der Waals surface area (Å²) in [5, 5.41) is 1.17. The van der Waals surface area contributed by atoms with E-state index in [1.165, 1.54) is 0 Å². The molecule has 3 nitrogen and oxygen atoms in total. The third-order valence-electron chi connectivity index (χ3n) is 3.00. The van der Waals surface area contributed by atoms with Gasteiger partial charge in [-0.25, -0.2) is 4.98 Å². The van der Waals surface area contributed by atoms with Gasteiger partial charge in [-0.2, -0.15) is 13.2 Å². The van der Waals surface area contributed by atoms with Crippen LogP contribution in [0, 0.1) is 0 Å². The van der Waals surface area contributed by atoms with Gasteiger partial charge in [0.2, 0.25) is 0 Å². The number of pyridine rings is 1. The number of thiazole rings is 1. The lowest BCUT2D eigenvalue weighted by Crippen LogP contribution is -2.10. The van der Waals surface area contributed by atoms with Gasteiger partial charge in [0, 0.05) is 23.7 Å². The number of rotatable bonds is 2. The van der Waals surface area contributed by atoms with Crippen LogP contribution < -0.4 is 5.73 Å². The number of halogens is 3. The van der Waals surface area contributed by atoms with Gasteiger partial charge in [-0.1, -0.05) is 6.07 Å². The molecule has 7 heteroatoms. The van der Waals surface area contributed by atoms with E-state index in [-0.39, 0.29) is 11.4 Å². The molecule has 108 valence electrons. The maximum absolute atomic E-state index is 12.9. The molecule has 0 amide bonds. The van der Waals surface area contributed by atoms with Crippen molar-refractivity contribution in [1.29, 1.82) is 0 Å². The number of nitrogens with two attached hydrogens (primary N) is 1. The van der Waals surface area contributed by atoms with E-state index in [9.17, 15) is 13.2 Å². The number of benzene rings is 1. The largest absolute Gasteiger partial charge is 0.434 e. The average Bonchev–Trinajstić information content (AvgIpc) is 2.91. The molecule has 0 unspecified atom stereocenters. The van der Waals surface area contributed by atoms with Gasteiger partial charge in [-0.3, -0.25) is 4.98 Å². The molecular weight excluding hydrogens is 299 g/mol. The zero-order valence-electron chi connectivity index (χ0n) is 10.7. The Bertz CT molecular complexity index is 796. The highest BCUT2D eigenvalue weighted by atomic mass is 32.1. The van der Waals surface area contributed by atoms with Crippen LogP contribution in [0.5, 0.6) is 0 Å². The van der Waals surface area contributed by atoms with Crippen LogP contribution in [0.4, 0.5) is 13.2 Å². The molecule has 3 aromatic rings. The molecule has 0 bridgehead atoms. The molecule has 0 spiro atoms. The minimum Gasteiger partial charge on any atom is -0.326 e. The van der Waals surface area contributed by atoms with Crippen LogP contribution in [0.15, 0.2) is 36.5 Å². The molecule has 2 heterocycles. The Morgan fingerprint density at radius 3 is 2.67 bits per heavy atom. The van der Waals surface area contributed by atoms with Gasteiger partial charge in [-0.05, 0) is 24.3 Å². The molecule has 0 aliphatic rings. The Hall–Kier alpha value is -1.99.